The normalized spacial score (nSPS) is 23.8. The van der Waals surface area contributed by atoms with Gasteiger partial charge in [-0.1, -0.05) is 31.1 Å². The molecule has 2 fully saturated rings. The van der Waals surface area contributed by atoms with Gasteiger partial charge in [0.2, 0.25) is 11.8 Å². The van der Waals surface area contributed by atoms with E-state index < -0.39 is 80.9 Å². The number of fused-ring (bicyclic) bond motifs is 3. The zero-order valence-corrected chi connectivity index (χ0v) is 38.4. The Kier molecular flexibility index (Phi) is 13.2. The van der Waals surface area contributed by atoms with Gasteiger partial charge in [-0.05, 0) is 84.6 Å². The van der Waals surface area contributed by atoms with Crippen LogP contribution >= 0.6 is 11.3 Å². The topological polar surface area (TPSA) is 194 Å². The third kappa shape index (κ3) is 9.92. The van der Waals surface area contributed by atoms with Crippen molar-refractivity contribution in [3.8, 4) is 27.8 Å². The number of ether oxygens (including phenoxy) is 2. The Hall–Kier alpha value is -5.47. The summed E-state index contributed by atoms with van der Waals surface area (Å²) < 4.78 is 71.1. The number of thiazole rings is 1. The first kappa shape index (κ1) is 46.5. The lowest BCUT2D eigenvalue weighted by molar-refractivity contribution is -0.141. The summed E-state index contributed by atoms with van der Waals surface area (Å²) in [6, 6.07) is 6.58. The predicted octanol–water partition coefficient (Wildman–Crippen LogP) is 6.25. The molecule has 5 atom stereocenters. The van der Waals surface area contributed by atoms with Crippen molar-refractivity contribution in [3.05, 3.63) is 65.6 Å². The second-order valence-electron chi connectivity index (χ2n) is 17.9. The number of aromatic nitrogens is 3. The van der Waals surface area contributed by atoms with Gasteiger partial charge in [0.1, 0.15) is 51.5 Å². The fourth-order valence-corrected chi connectivity index (χ4v) is 9.58. The molecule has 16 nitrogen and oxygen atoms in total. The number of allylic oxidation sites excluding steroid dienone is 1. The third-order valence-corrected chi connectivity index (χ3v) is 13.7. The zero-order chi connectivity index (χ0) is 46.3. The molecule has 2 aromatic heterocycles. The van der Waals surface area contributed by atoms with Crippen molar-refractivity contribution in [1.29, 1.82) is 0 Å². The average Bonchev–Trinajstić information content (AvgIpc) is 3.54. The molecule has 7 rings (SSSR count). The summed E-state index contributed by atoms with van der Waals surface area (Å²) in [7, 11) is -1.67. The number of alkyl carbamates (subject to hydrolysis) is 1. The third-order valence-electron chi connectivity index (χ3n) is 11.5. The van der Waals surface area contributed by atoms with Crippen molar-refractivity contribution in [3.63, 3.8) is 0 Å². The summed E-state index contributed by atoms with van der Waals surface area (Å²) in [5, 5.41) is 7.80. The molecule has 0 spiro atoms. The van der Waals surface area contributed by atoms with Gasteiger partial charge in [-0.2, -0.15) is 17.7 Å². The minimum atomic E-state index is -4.22. The van der Waals surface area contributed by atoms with E-state index in [1.165, 1.54) is 42.5 Å². The van der Waals surface area contributed by atoms with Gasteiger partial charge in [-0.3, -0.25) is 19.0 Å². The Balaban J connectivity index is 1.23. The van der Waals surface area contributed by atoms with Crippen molar-refractivity contribution >= 4 is 56.4 Å². The number of nitrogens with zero attached hydrogens (tertiary/aromatic N) is 5. The molecule has 3 aliphatic rings. The summed E-state index contributed by atoms with van der Waals surface area (Å²) in [6.07, 6.45) is 5.13. The molecular formula is C44H54F2N8O8S2. The maximum absolute atomic E-state index is 14.7. The number of amides is 4. The van der Waals surface area contributed by atoms with E-state index in [-0.39, 0.29) is 43.4 Å². The molecular weight excluding hydrogens is 871 g/mol. The van der Waals surface area contributed by atoms with Crippen molar-refractivity contribution in [2.75, 3.05) is 20.6 Å². The van der Waals surface area contributed by atoms with Crippen LogP contribution in [0.4, 0.5) is 13.6 Å². The second-order valence-corrected chi connectivity index (χ2v) is 20.7. The summed E-state index contributed by atoms with van der Waals surface area (Å²) in [5.74, 6) is -4.10. The van der Waals surface area contributed by atoms with Gasteiger partial charge in [0.05, 0.1) is 17.8 Å². The van der Waals surface area contributed by atoms with Gasteiger partial charge in [0.25, 0.3) is 11.9 Å². The molecule has 0 radical (unpaired) electrons. The molecule has 2 aliphatic heterocycles. The highest BCUT2D eigenvalue weighted by Crippen LogP contribution is 2.46. The Morgan fingerprint density at radius 2 is 1.83 bits per heavy atom. The Morgan fingerprint density at radius 1 is 1.06 bits per heavy atom. The molecule has 0 unspecified atom stereocenters. The maximum Gasteiger partial charge on any atom is 0.408 e. The van der Waals surface area contributed by atoms with E-state index >= 15 is 0 Å². The number of para-hydroxylation sites is 1. The minimum Gasteiger partial charge on any atom is -0.459 e. The van der Waals surface area contributed by atoms with Crippen LogP contribution in [0.1, 0.15) is 85.6 Å². The number of hydrogen-bond acceptors (Lipinski definition) is 11. The number of imidazole rings is 1. The van der Waals surface area contributed by atoms with E-state index in [9.17, 15) is 36.4 Å². The molecule has 4 aromatic rings. The van der Waals surface area contributed by atoms with Crippen molar-refractivity contribution in [2.45, 2.75) is 115 Å². The molecule has 1 aliphatic carbocycles. The number of halogens is 2. The van der Waals surface area contributed by atoms with Crippen LogP contribution in [0.25, 0.3) is 32.9 Å². The van der Waals surface area contributed by atoms with Crippen LogP contribution in [0.2, 0.25) is 0 Å². The number of carbonyl (C=O) groups excluding carboxylic acids is 4. The first-order chi connectivity index (χ1) is 30.2. The van der Waals surface area contributed by atoms with Crippen LogP contribution in [0.5, 0.6) is 6.01 Å². The van der Waals surface area contributed by atoms with Gasteiger partial charge in [0, 0.05) is 55.0 Å². The van der Waals surface area contributed by atoms with Gasteiger partial charge < -0.3 is 25.0 Å². The summed E-state index contributed by atoms with van der Waals surface area (Å²) in [6.45, 7) is 8.91. The molecule has 4 heterocycles. The van der Waals surface area contributed by atoms with E-state index in [2.05, 4.69) is 20.3 Å². The fraction of sp³-hybridized carbons (Fsp3) is 0.500. The number of hydrogen-bond donors (Lipinski definition) is 3. The van der Waals surface area contributed by atoms with Crippen LogP contribution in [0.3, 0.4) is 0 Å². The van der Waals surface area contributed by atoms with E-state index in [0.717, 1.165) is 16.8 Å². The zero-order valence-electron chi connectivity index (χ0n) is 36.8. The van der Waals surface area contributed by atoms with Crippen LogP contribution in [0.15, 0.2) is 53.9 Å². The highest BCUT2D eigenvalue weighted by Gasteiger charge is 2.62. The highest BCUT2D eigenvalue weighted by molar-refractivity contribution is 7.87. The number of benzene rings is 2. The van der Waals surface area contributed by atoms with Crippen molar-refractivity contribution in [2.24, 2.45) is 5.92 Å². The first-order valence-corrected chi connectivity index (χ1v) is 23.6. The van der Waals surface area contributed by atoms with Crippen molar-refractivity contribution < 1.29 is 45.9 Å². The predicted molar refractivity (Wildman–Crippen MR) is 236 cm³/mol. The fourth-order valence-electron chi connectivity index (χ4n) is 8.13. The number of rotatable bonds is 9. The highest BCUT2D eigenvalue weighted by atomic mass is 32.2. The van der Waals surface area contributed by atoms with Crippen LogP contribution in [-0.4, -0.2) is 106 Å². The monoisotopic (exact) mass is 924 g/mol. The molecule has 1 saturated heterocycles. The first-order valence-electron chi connectivity index (χ1n) is 21.3. The van der Waals surface area contributed by atoms with Gasteiger partial charge in [-0.15, -0.1) is 11.3 Å². The van der Waals surface area contributed by atoms with E-state index in [1.807, 2.05) is 48.8 Å². The number of carbonyl (C=O) groups is 4. The average molecular weight is 925 g/mol. The molecule has 2 aromatic carbocycles. The van der Waals surface area contributed by atoms with Crippen molar-refractivity contribution in [1.82, 2.24) is 39.1 Å². The number of nitrogens with one attached hydrogen (secondary N) is 3. The Labute approximate surface area is 375 Å². The summed E-state index contributed by atoms with van der Waals surface area (Å²) in [5.41, 5.74) is -0.117. The van der Waals surface area contributed by atoms with Gasteiger partial charge in [-0.25, -0.2) is 23.3 Å². The van der Waals surface area contributed by atoms with Crippen LogP contribution in [-0.2, 0) is 29.3 Å². The molecule has 4 amide bonds. The van der Waals surface area contributed by atoms with Crippen LogP contribution < -0.4 is 20.1 Å². The lowest BCUT2D eigenvalue weighted by Gasteiger charge is -2.30. The lowest BCUT2D eigenvalue weighted by Crippen LogP contribution is -2.58. The van der Waals surface area contributed by atoms with Gasteiger partial charge >= 0.3 is 16.3 Å². The molecule has 0 bridgehead atoms. The molecule has 344 valence electrons. The Bertz CT molecular complexity index is 2590. The SMILES string of the molecule is CC(C)n1c(O[C@@H]2C[C@H]3C(=O)N[C@]4(C(=O)NS(=O)(=O)N(C)C)C[C@H]4/C=C\CCCCC[C@H](NC(=O)OC(C)(C)C)C(=O)N3C2)nc2c(-c3nc(-c4ccc(F)cc4F)cs3)cccc21. The quantitative estimate of drug-likeness (QED) is 0.162. The van der Waals surface area contributed by atoms with Gasteiger partial charge in [0.15, 0.2) is 0 Å². The Morgan fingerprint density at radius 3 is 2.53 bits per heavy atom. The van der Waals surface area contributed by atoms with E-state index in [0.29, 0.717) is 46.6 Å². The molecule has 1 saturated carbocycles. The minimum absolute atomic E-state index is 0.0435. The second kappa shape index (κ2) is 18.2. The smallest absolute Gasteiger partial charge is 0.408 e. The van der Waals surface area contributed by atoms with E-state index in [1.54, 1.807) is 26.2 Å². The summed E-state index contributed by atoms with van der Waals surface area (Å²) in [4.78, 5) is 67.2. The maximum atomic E-state index is 14.7. The van der Waals surface area contributed by atoms with E-state index in [4.69, 9.17) is 14.5 Å². The largest absolute Gasteiger partial charge is 0.459 e. The molecule has 64 heavy (non-hydrogen) atoms. The molecule has 20 heteroatoms. The van der Waals surface area contributed by atoms with Crippen LogP contribution in [0, 0.1) is 17.6 Å². The summed E-state index contributed by atoms with van der Waals surface area (Å²) >= 11 is 1.27. The lowest BCUT2D eigenvalue weighted by atomic mass is 10.0. The standard InChI is InChI=1S/C44H54F2N8O8S2/c1-25(2)54-34-17-13-15-30(38-47-33(24-63-38)29-19-18-27(45)20-31(29)46)36(34)49-41(54)61-28-21-35-37(55)50-44(40(57)51-64(59,60)52(6)7)22-26(44)14-11-9-8-10-12-16-32(39(56)53(35)23-28)48-42(58)62-43(3,4)5/h11,13-15,17-20,24-26,28,32,35H,8-10,12,16,21-23H2,1-7H3,(H,48,58)(H,50,55)(H,51,57)/b14-11-/t26-,28-,32+,35+,44-/m1/s1. The molecule has 3 N–H and O–H groups in total.